The summed E-state index contributed by atoms with van der Waals surface area (Å²) in [7, 11) is 0. The largest absolute Gasteiger partial charge is 0.381 e. The van der Waals surface area contributed by atoms with Gasteiger partial charge in [-0.15, -0.1) is 0 Å². The first-order valence-electron chi connectivity index (χ1n) is 9.80. The Morgan fingerprint density at radius 3 is 2.33 bits per heavy atom. The molecule has 1 aliphatic heterocycles. The zero-order chi connectivity index (χ0) is 17.4. The molecule has 0 aromatic rings. The van der Waals surface area contributed by atoms with Crippen molar-refractivity contribution in [2.24, 2.45) is 11.8 Å². The minimum Gasteiger partial charge on any atom is -0.381 e. The molecule has 2 aliphatic rings. The number of carbonyl (C=O) groups is 2. The van der Waals surface area contributed by atoms with Crippen LogP contribution < -0.4 is 10.6 Å². The van der Waals surface area contributed by atoms with Crippen LogP contribution >= 0.6 is 0 Å². The van der Waals surface area contributed by atoms with Gasteiger partial charge in [0.25, 0.3) is 0 Å². The molecule has 1 aliphatic carbocycles. The summed E-state index contributed by atoms with van der Waals surface area (Å²) in [6.07, 6.45) is 9.90. The minimum absolute atomic E-state index is 0.00865. The number of ether oxygens (including phenoxy) is 1. The van der Waals surface area contributed by atoms with Crippen LogP contribution in [0.2, 0.25) is 0 Å². The van der Waals surface area contributed by atoms with Crippen molar-refractivity contribution in [3.63, 3.8) is 0 Å². The third-order valence-corrected chi connectivity index (χ3v) is 5.49. The van der Waals surface area contributed by atoms with E-state index >= 15 is 0 Å². The van der Waals surface area contributed by atoms with Crippen molar-refractivity contribution in [2.45, 2.75) is 83.7 Å². The normalized spacial score (nSPS) is 22.6. The SMILES string of the molecule is CCC[C@H](NC(=O)[C@H](C)NC(=O)C1CCOCC1)C1CCCCC1. The van der Waals surface area contributed by atoms with Crippen LogP contribution in [0.4, 0.5) is 0 Å². The van der Waals surface area contributed by atoms with Crippen molar-refractivity contribution in [3.8, 4) is 0 Å². The van der Waals surface area contributed by atoms with E-state index in [0.717, 1.165) is 25.7 Å². The van der Waals surface area contributed by atoms with E-state index in [1.807, 2.05) is 0 Å². The predicted molar refractivity (Wildman–Crippen MR) is 94.6 cm³/mol. The molecular weight excluding hydrogens is 304 g/mol. The summed E-state index contributed by atoms with van der Waals surface area (Å²) in [5, 5.41) is 6.11. The van der Waals surface area contributed by atoms with Crippen LogP contribution in [0.25, 0.3) is 0 Å². The second kappa shape index (κ2) is 10.0. The van der Waals surface area contributed by atoms with Gasteiger partial charge in [-0.05, 0) is 44.9 Å². The molecule has 0 bridgehead atoms. The third kappa shape index (κ3) is 5.76. The Balaban J connectivity index is 1.82. The highest BCUT2D eigenvalue weighted by atomic mass is 16.5. The van der Waals surface area contributed by atoms with Gasteiger partial charge in [-0.1, -0.05) is 32.6 Å². The topological polar surface area (TPSA) is 67.4 Å². The van der Waals surface area contributed by atoms with Crippen LogP contribution in [0.15, 0.2) is 0 Å². The first-order chi connectivity index (χ1) is 11.6. The maximum absolute atomic E-state index is 12.5. The summed E-state index contributed by atoms with van der Waals surface area (Å²) in [5.74, 6) is 0.532. The first kappa shape index (κ1) is 19.2. The number of hydrogen-bond acceptors (Lipinski definition) is 3. The van der Waals surface area contributed by atoms with Crippen molar-refractivity contribution in [1.82, 2.24) is 10.6 Å². The smallest absolute Gasteiger partial charge is 0.242 e. The van der Waals surface area contributed by atoms with Gasteiger partial charge < -0.3 is 15.4 Å². The molecule has 24 heavy (non-hydrogen) atoms. The van der Waals surface area contributed by atoms with E-state index in [-0.39, 0.29) is 23.8 Å². The van der Waals surface area contributed by atoms with Crippen LogP contribution in [0, 0.1) is 11.8 Å². The molecule has 5 heteroatoms. The fourth-order valence-electron chi connectivity index (χ4n) is 3.94. The van der Waals surface area contributed by atoms with E-state index in [9.17, 15) is 9.59 Å². The molecule has 5 nitrogen and oxygen atoms in total. The van der Waals surface area contributed by atoms with Gasteiger partial charge in [-0.2, -0.15) is 0 Å². The second-order valence-electron chi connectivity index (χ2n) is 7.42. The van der Waals surface area contributed by atoms with Gasteiger partial charge in [0.1, 0.15) is 6.04 Å². The van der Waals surface area contributed by atoms with Crippen molar-refractivity contribution in [3.05, 3.63) is 0 Å². The van der Waals surface area contributed by atoms with Gasteiger partial charge in [0.05, 0.1) is 0 Å². The van der Waals surface area contributed by atoms with E-state index in [2.05, 4.69) is 17.6 Å². The molecule has 1 saturated heterocycles. The Labute approximate surface area is 146 Å². The highest BCUT2D eigenvalue weighted by molar-refractivity contribution is 5.88. The van der Waals surface area contributed by atoms with Gasteiger partial charge in [0, 0.05) is 25.2 Å². The Morgan fingerprint density at radius 2 is 1.71 bits per heavy atom. The number of hydrogen-bond donors (Lipinski definition) is 2. The highest BCUT2D eigenvalue weighted by Crippen LogP contribution is 2.28. The first-order valence-corrected chi connectivity index (χ1v) is 9.80. The minimum atomic E-state index is -0.469. The third-order valence-electron chi connectivity index (χ3n) is 5.49. The number of nitrogens with one attached hydrogen (secondary N) is 2. The highest BCUT2D eigenvalue weighted by Gasteiger charge is 2.28. The zero-order valence-corrected chi connectivity index (χ0v) is 15.3. The van der Waals surface area contributed by atoms with Gasteiger partial charge in [0.15, 0.2) is 0 Å². The van der Waals surface area contributed by atoms with Gasteiger partial charge in [-0.25, -0.2) is 0 Å². The summed E-state index contributed by atoms with van der Waals surface area (Å²) in [6, 6.07) is -0.214. The summed E-state index contributed by atoms with van der Waals surface area (Å²) in [6.45, 7) is 5.23. The number of carbonyl (C=O) groups excluding carboxylic acids is 2. The lowest BCUT2D eigenvalue weighted by atomic mass is 9.82. The molecule has 0 aromatic heterocycles. The molecular formula is C19H34N2O3. The van der Waals surface area contributed by atoms with Crippen LogP contribution in [-0.4, -0.2) is 37.1 Å². The average molecular weight is 338 g/mol. The second-order valence-corrected chi connectivity index (χ2v) is 7.42. The average Bonchev–Trinajstić information content (AvgIpc) is 2.62. The standard InChI is InChI=1S/C19H34N2O3/c1-3-7-17(15-8-5-4-6-9-15)21-18(22)14(2)20-19(23)16-10-12-24-13-11-16/h14-17H,3-13H2,1-2H3,(H,20,23)(H,21,22)/t14-,17-/m0/s1. The summed E-state index contributed by atoms with van der Waals surface area (Å²) in [4.78, 5) is 24.8. The molecule has 138 valence electrons. The molecule has 0 radical (unpaired) electrons. The van der Waals surface area contributed by atoms with Gasteiger partial charge >= 0.3 is 0 Å². The maximum Gasteiger partial charge on any atom is 0.242 e. The zero-order valence-electron chi connectivity index (χ0n) is 15.3. The molecule has 0 unspecified atom stereocenters. The van der Waals surface area contributed by atoms with Crippen molar-refractivity contribution < 1.29 is 14.3 Å². The molecule has 0 spiro atoms. The Kier molecular flexibility index (Phi) is 8.03. The lowest BCUT2D eigenvalue weighted by Crippen LogP contribution is -2.51. The van der Waals surface area contributed by atoms with Crippen LogP contribution in [0.1, 0.15) is 71.6 Å². The molecule has 2 N–H and O–H groups in total. The fraction of sp³-hybridized carbons (Fsp3) is 0.895. The van der Waals surface area contributed by atoms with Crippen LogP contribution in [-0.2, 0) is 14.3 Å². The Hall–Kier alpha value is -1.10. The number of rotatable bonds is 7. The Bertz CT molecular complexity index is 401. The molecule has 2 atom stereocenters. The maximum atomic E-state index is 12.5. The summed E-state index contributed by atoms with van der Waals surface area (Å²) in [5.41, 5.74) is 0. The summed E-state index contributed by atoms with van der Waals surface area (Å²) < 4.78 is 5.29. The molecule has 1 heterocycles. The number of amides is 2. The van der Waals surface area contributed by atoms with Gasteiger partial charge in [-0.3, -0.25) is 9.59 Å². The van der Waals surface area contributed by atoms with Gasteiger partial charge in [0.2, 0.25) is 11.8 Å². The van der Waals surface area contributed by atoms with E-state index < -0.39 is 6.04 Å². The summed E-state index contributed by atoms with van der Waals surface area (Å²) >= 11 is 0. The monoisotopic (exact) mass is 338 g/mol. The molecule has 1 saturated carbocycles. The van der Waals surface area contributed by atoms with E-state index in [4.69, 9.17) is 4.74 Å². The van der Waals surface area contributed by atoms with Crippen molar-refractivity contribution in [1.29, 1.82) is 0 Å². The Morgan fingerprint density at radius 1 is 1.04 bits per heavy atom. The fourth-order valence-corrected chi connectivity index (χ4v) is 3.94. The van der Waals surface area contributed by atoms with Crippen LogP contribution in [0.5, 0.6) is 0 Å². The van der Waals surface area contributed by atoms with Crippen LogP contribution in [0.3, 0.4) is 0 Å². The predicted octanol–water partition coefficient (Wildman–Crippen LogP) is 2.78. The van der Waals surface area contributed by atoms with Crippen molar-refractivity contribution in [2.75, 3.05) is 13.2 Å². The molecule has 0 aromatic carbocycles. The van der Waals surface area contributed by atoms with E-state index in [1.54, 1.807) is 6.92 Å². The van der Waals surface area contributed by atoms with E-state index in [0.29, 0.717) is 19.1 Å². The van der Waals surface area contributed by atoms with E-state index in [1.165, 1.54) is 32.1 Å². The molecule has 2 rings (SSSR count). The molecule has 2 amide bonds. The lowest BCUT2D eigenvalue weighted by Gasteiger charge is -2.32. The van der Waals surface area contributed by atoms with Crippen molar-refractivity contribution >= 4 is 11.8 Å². The quantitative estimate of drug-likeness (QED) is 0.750. The molecule has 2 fully saturated rings. The lowest BCUT2D eigenvalue weighted by molar-refractivity contribution is -0.133.